The Bertz CT molecular complexity index is 488. The normalized spacial score (nSPS) is 30.0. The van der Waals surface area contributed by atoms with Crippen LogP contribution in [0.2, 0.25) is 0 Å². The van der Waals surface area contributed by atoms with Crippen LogP contribution in [0.4, 0.5) is 0 Å². The number of hydrogen-bond acceptors (Lipinski definition) is 4. The van der Waals surface area contributed by atoms with E-state index >= 15 is 0 Å². The minimum atomic E-state index is -3.47. The zero-order valence-electron chi connectivity index (χ0n) is 12.8. The molecule has 0 aliphatic carbocycles. The summed E-state index contributed by atoms with van der Waals surface area (Å²) in [7, 11) is -3.47. The molecular formula is C14H25NO4S. The Morgan fingerprint density at radius 3 is 2.25 bits per heavy atom. The lowest BCUT2D eigenvalue weighted by Gasteiger charge is -2.35. The van der Waals surface area contributed by atoms with Crippen LogP contribution < -0.4 is 0 Å². The minimum absolute atomic E-state index is 0.239. The molecule has 116 valence electrons. The van der Waals surface area contributed by atoms with Crippen LogP contribution in [0, 0.1) is 0 Å². The maximum Gasteiger partial charge on any atom is 0.244 e. The van der Waals surface area contributed by atoms with Crippen LogP contribution in [0.1, 0.15) is 47.0 Å². The Morgan fingerprint density at radius 1 is 1.25 bits per heavy atom. The summed E-state index contributed by atoms with van der Waals surface area (Å²) in [6, 6.07) is 0. The molecule has 1 atom stereocenters. The summed E-state index contributed by atoms with van der Waals surface area (Å²) >= 11 is 0. The van der Waals surface area contributed by atoms with Gasteiger partial charge in [0.15, 0.2) is 9.84 Å². The van der Waals surface area contributed by atoms with E-state index in [-0.39, 0.29) is 11.4 Å². The van der Waals surface area contributed by atoms with E-state index in [0.717, 1.165) is 0 Å². The summed E-state index contributed by atoms with van der Waals surface area (Å²) in [6.45, 7) is 8.88. The molecule has 0 aromatic heterocycles. The molecule has 0 saturated carbocycles. The molecule has 6 heteroatoms. The molecule has 2 aliphatic heterocycles. The lowest BCUT2D eigenvalue weighted by Crippen LogP contribution is -2.52. The molecule has 0 radical (unpaired) electrons. The van der Waals surface area contributed by atoms with Crippen molar-refractivity contribution in [1.82, 2.24) is 4.90 Å². The molecule has 0 spiro atoms. The number of amides is 1. The molecule has 20 heavy (non-hydrogen) atoms. The lowest BCUT2D eigenvalue weighted by atomic mass is 10.1. The Balaban J connectivity index is 2.29. The van der Waals surface area contributed by atoms with E-state index in [1.54, 1.807) is 11.8 Å². The smallest absolute Gasteiger partial charge is 0.244 e. The van der Waals surface area contributed by atoms with E-state index in [1.165, 1.54) is 0 Å². The van der Waals surface area contributed by atoms with Gasteiger partial charge in [-0.1, -0.05) is 0 Å². The zero-order chi connectivity index (χ0) is 15.2. The van der Waals surface area contributed by atoms with Crippen LogP contribution in [-0.4, -0.2) is 54.5 Å². The number of carbonyl (C=O) groups is 1. The van der Waals surface area contributed by atoms with Gasteiger partial charge in [0.25, 0.3) is 0 Å². The van der Waals surface area contributed by atoms with E-state index in [1.807, 2.05) is 20.8 Å². The first-order chi connectivity index (χ1) is 9.11. The molecule has 2 heterocycles. The summed E-state index contributed by atoms with van der Waals surface area (Å²) in [4.78, 5) is 14.4. The van der Waals surface area contributed by atoms with Gasteiger partial charge < -0.3 is 9.64 Å². The van der Waals surface area contributed by atoms with E-state index in [0.29, 0.717) is 39.0 Å². The highest BCUT2D eigenvalue weighted by atomic mass is 32.2. The van der Waals surface area contributed by atoms with Crippen molar-refractivity contribution < 1.29 is 17.9 Å². The molecular weight excluding hydrogens is 278 g/mol. The number of sulfone groups is 1. The van der Waals surface area contributed by atoms with Gasteiger partial charge in [-0.15, -0.1) is 0 Å². The number of likely N-dealkylation sites (tertiary alicyclic amines) is 1. The Morgan fingerprint density at radius 2 is 1.80 bits per heavy atom. The van der Waals surface area contributed by atoms with Crippen molar-refractivity contribution in [3.8, 4) is 0 Å². The van der Waals surface area contributed by atoms with Gasteiger partial charge in [0.2, 0.25) is 5.91 Å². The number of nitrogens with zero attached hydrogens (tertiary/aromatic N) is 1. The summed E-state index contributed by atoms with van der Waals surface area (Å²) in [6.07, 6.45) is 1.39. The third-order valence-electron chi connectivity index (χ3n) is 4.55. The van der Waals surface area contributed by atoms with Crippen molar-refractivity contribution in [1.29, 1.82) is 0 Å². The molecule has 0 aromatic rings. The van der Waals surface area contributed by atoms with Crippen LogP contribution in [0.25, 0.3) is 0 Å². The summed E-state index contributed by atoms with van der Waals surface area (Å²) in [5.41, 5.74) is -0.333. The van der Waals surface area contributed by atoms with Gasteiger partial charge in [0.05, 0.1) is 5.25 Å². The van der Waals surface area contributed by atoms with Crippen LogP contribution in [0.5, 0.6) is 0 Å². The molecule has 0 aromatic carbocycles. The zero-order valence-corrected chi connectivity index (χ0v) is 13.6. The Kier molecular flexibility index (Phi) is 3.93. The second-order valence-electron chi connectivity index (χ2n) is 6.97. The van der Waals surface area contributed by atoms with Gasteiger partial charge in [-0.3, -0.25) is 4.79 Å². The predicted molar refractivity (Wildman–Crippen MR) is 77.2 cm³/mol. The molecule has 2 aliphatic rings. The topological polar surface area (TPSA) is 63.7 Å². The maximum absolute atomic E-state index is 12.9. The number of hydrogen-bond donors (Lipinski definition) is 0. The second kappa shape index (κ2) is 4.98. The third kappa shape index (κ3) is 2.37. The summed E-state index contributed by atoms with van der Waals surface area (Å²) < 4.78 is 29.8. The van der Waals surface area contributed by atoms with Crippen LogP contribution in [0.3, 0.4) is 0 Å². The number of carbonyl (C=O) groups excluding carboxylic acids is 1. The molecule has 5 nitrogen and oxygen atoms in total. The fourth-order valence-corrected chi connectivity index (χ4v) is 5.36. The largest absolute Gasteiger partial charge is 0.381 e. The van der Waals surface area contributed by atoms with Gasteiger partial charge in [0, 0.05) is 25.3 Å². The van der Waals surface area contributed by atoms with E-state index in [2.05, 4.69) is 0 Å². The standard InChI is InChI=1S/C14H25NO4S/c1-13(2,3)15-8-7-14(4,12(15)16)20(17,18)11-5-9-19-10-6-11/h11H,5-10H2,1-4H3. The second-order valence-corrected chi connectivity index (χ2v) is 9.62. The first kappa shape index (κ1) is 15.8. The predicted octanol–water partition coefficient (Wildman–Crippen LogP) is 1.37. The number of rotatable bonds is 2. The van der Waals surface area contributed by atoms with Crippen LogP contribution in [0.15, 0.2) is 0 Å². The summed E-state index contributed by atoms with van der Waals surface area (Å²) in [5, 5.41) is -0.440. The highest BCUT2D eigenvalue weighted by Gasteiger charge is 2.56. The van der Waals surface area contributed by atoms with Crippen molar-refractivity contribution in [3.05, 3.63) is 0 Å². The highest BCUT2D eigenvalue weighted by molar-refractivity contribution is 7.94. The van der Waals surface area contributed by atoms with Gasteiger partial charge in [-0.25, -0.2) is 8.42 Å². The maximum atomic E-state index is 12.9. The molecule has 2 saturated heterocycles. The SMILES string of the molecule is CC(C)(C)N1CCC(C)(S(=O)(=O)C2CCOCC2)C1=O. The van der Waals surface area contributed by atoms with Crippen molar-refractivity contribution in [2.45, 2.75) is 62.5 Å². The van der Waals surface area contributed by atoms with Gasteiger partial charge in [-0.05, 0) is 47.0 Å². The average Bonchev–Trinajstić information content (AvgIpc) is 2.68. The minimum Gasteiger partial charge on any atom is -0.381 e. The number of ether oxygens (including phenoxy) is 1. The van der Waals surface area contributed by atoms with E-state index in [9.17, 15) is 13.2 Å². The Labute approximate surface area is 121 Å². The quantitative estimate of drug-likeness (QED) is 0.773. The fraction of sp³-hybridized carbons (Fsp3) is 0.929. The van der Waals surface area contributed by atoms with Gasteiger partial charge in [-0.2, -0.15) is 0 Å². The monoisotopic (exact) mass is 303 g/mol. The van der Waals surface area contributed by atoms with Crippen molar-refractivity contribution in [3.63, 3.8) is 0 Å². The van der Waals surface area contributed by atoms with Gasteiger partial charge in [0.1, 0.15) is 4.75 Å². The third-order valence-corrected chi connectivity index (χ3v) is 7.54. The van der Waals surface area contributed by atoms with E-state index < -0.39 is 19.8 Å². The molecule has 1 amide bonds. The first-order valence-corrected chi connectivity index (χ1v) is 8.78. The highest BCUT2D eigenvalue weighted by Crippen LogP contribution is 2.38. The lowest BCUT2D eigenvalue weighted by molar-refractivity contribution is -0.133. The molecule has 1 unspecified atom stereocenters. The molecule has 2 fully saturated rings. The van der Waals surface area contributed by atoms with Crippen molar-refractivity contribution >= 4 is 15.7 Å². The van der Waals surface area contributed by atoms with Crippen LogP contribution in [-0.2, 0) is 19.4 Å². The van der Waals surface area contributed by atoms with Crippen molar-refractivity contribution in [2.24, 2.45) is 0 Å². The van der Waals surface area contributed by atoms with Crippen molar-refractivity contribution in [2.75, 3.05) is 19.8 Å². The Hall–Kier alpha value is -0.620. The molecule has 2 rings (SSSR count). The van der Waals surface area contributed by atoms with Gasteiger partial charge >= 0.3 is 0 Å². The fourth-order valence-electron chi connectivity index (χ4n) is 3.08. The average molecular weight is 303 g/mol. The first-order valence-electron chi connectivity index (χ1n) is 7.24. The molecule has 0 bridgehead atoms. The summed E-state index contributed by atoms with van der Waals surface area (Å²) in [5.74, 6) is -0.239. The van der Waals surface area contributed by atoms with Crippen LogP contribution >= 0.6 is 0 Å². The van der Waals surface area contributed by atoms with E-state index in [4.69, 9.17) is 4.74 Å². The molecule has 0 N–H and O–H groups in total.